The first kappa shape index (κ1) is 30.9. The van der Waals surface area contributed by atoms with Crippen molar-refractivity contribution in [1.82, 2.24) is 9.47 Å². The minimum atomic E-state index is -1.05. The molecule has 0 unspecified atom stereocenters. The lowest BCUT2D eigenvalue weighted by Gasteiger charge is -2.36. The van der Waals surface area contributed by atoms with Gasteiger partial charge in [0.2, 0.25) is 5.76 Å². The van der Waals surface area contributed by atoms with Crippen molar-refractivity contribution in [3.63, 3.8) is 0 Å². The number of aromatic nitrogens is 1. The number of carboxylic acids is 1. The summed E-state index contributed by atoms with van der Waals surface area (Å²) in [5.74, 6) is -1.04. The fourth-order valence-corrected chi connectivity index (χ4v) is 5.52. The van der Waals surface area contributed by atoms with E-state index in [9.17, 15) is 20.0 Å². The van der Waals surface area contributed by atoms with E-state index < -0.39 is 17.7 Å². The quantitative estimate of drug-likeness (QED) is 0.238. The van der Waals surface area contributed by atoms with Gasteiger partial charge in [-0.2, -0.15) is 5.26 Å². The van der Waals surface area contributed by atoms with Gasteiger partial charge >= 0.3 is 12.1 Å². The van der Waals surface area contributed by atoms with E-state index >= 15 is 0 Å². The van der Waals surface area contributed by atoms with Crippen LogP contribution in [0.2, 0.25) is 0 Å². The van der Waals surface area contributed by atoms with Crippen molar-refractivity contribution in [3.8, 4) is 6.07 Å². The summed E-state index contributed by atoms with van der Waals surface area (Å²) in [5.41, 5.74) is 4.11. The molecule has 0 amide bonds. The van der Waals surface area contributed by atoms with Crippen LogP contribution in [0.25, 0.3) is 21.9 Å². The minimum Gasteiger partial charge on any atom is -0.475 e. The number of ether oxygens (including phenoxy) is 1. The normalized spacial score (nSPS) is 14.1. The maximum Gasteiger partial charge on any atom is 0.419 e. The van der Waals surface area contributed by atoms with Gasteiger partial charge in [-0.05, 0) is 95.5 Å². The molecule has 1 N–H and O–H groups in total. The van der Waals surface area contributed by atoms with Gasteiger partial charge in [0.15, 0.2) is 0 Å². The highest BCUT2D eigenvalue weighted by Crippen LogP contribution is 2.30. The summed E-state index contributed by atoms with van der Waals surface area (Å²) in [6.45, 7) is 12.0. The summed E-state index contributed by atoms with van der Waals surface area (Å²) in [6, 6.07) is 13.5. The van der Waals surface area contributed by atoms with Crippen LogP contribution in [-0.4, -0.2) is 65.0 Å². The molecule has 4 aromatic rings. The Kier molecular flexibility index (Phi) is 9.19. The lowest BCUT2D eigenvalue weighted by Crippen LogP contribution is -2.46. The van der Waals surface area contributed by atoms with Crippen molar-refractivity contribution < 1.29 is 23.8 Å². The molecule has 1 aliphatic rings. The number of rotatable bonds is 7. The number of nitriles is 1. The van der Waals surface area contributed by atoms with Crippen LogP contribution in [0.1, 0.15) is 60.9 Å². The van der Waals surface area contributed by atoms with Crippen LogP contribution in [0.5, 0.6) is 0 Å². The van der Waals surface area contributed by atoms with Gasteiger partial charge in [-0.15, -0.1) is 12.4 Å². The average Bonchev–Trinajstić information content (AvgIpc) is 3.47. The molecule has 222 valence electrons. The molecule has 1 aliphatic heterocycles. The number of nitrogens with zero attached hydrogens (tertiary/aromatic N) is 4. The van der Waals surface area contributed by atoms with Gasteiger partial charge < -0.3 is 19.2 Å². The Morgan fingerprint density at radius 1 is 1.05 bits per heavy atom. The van der Waals surface area contributed by atoms with Crippen molar-refractivity contribution in [2.24, 2.45) is 0 Å². The van der Waals surface area contributed by atoms with Crippen LogP contribution in [0.3, 0.4) is 0 Å². The molecule has 2 aromatic carbocycles. The third kappa shape index (κ3) is 6.56. The number of hydrogen-bond acceptors (Lipinski definition) is 7. The molecular weight excluding hydrogens is 556 g/mol. The number of aryl methyl sites for hydroxylation is 2. The van der Waals surface area contributed by atoms with Crippen LogP contribution in [0.15, 0.2) is 47.0 Å². The number of unbranched alkanes of at least 4 members (excludes halogenated alkanes) is 1. The number of carboxylic acid groups (broad SMARTS) is 1. The predicted octanol–water partition coefficient (Wildman–Crippen LogP) is 6.62. The first-order valence-electron chi connectivity index (χ1n) is 14.1. The molecular formula is C32H37ClN4O5. The molecule has 0 saturated carbocycles. The van der Waals surface area contributed by atoms with E-state index in [-0.39, 0.29) is 18.2 Å². The third-order valence-electron chi connectivity index (χ3n) is 7.63. The molecule has 2 aromatic heterocycles. The van der Waals surface area contributed by atoms with Crippen LogP contribution in [-0.2, 0) is 11.2 Å². The van der Waals surface area contributed by atoms with Gasteiger partial charge in [-0.1, -0.05) is 0 Å². The second-order valence-electron chi connectivity index (χ2n) is 11.7. The highest BCUT2D eigenvalue weighted by atomic mass is 35.5. The maximum absolute atomic E-state index is 12.9. The Balaban J connectivity index is 0.00000405. The van der Waals surface area contributed by atoms with Gasteiger partial charge in [0.25, 0.3) is 0 Å². The Hall–Kier alpha value is -4.00. The number of hydrogen-bond donors (Lipinski definition) is 1. The van der Waals surface area contributed by atoms with Crippen molar-refractivity contribution in [3.05, 3.63) is 65.0 Å². The van der Waals surface area contributed by atoms with E-state index in [0.717, 1.165) is 79.5 Å². The molecule has 0 atom stereocenters. The molecule has 3 heterocycles. The van der Waals surface area contributed by atoms with Crippen LogP contribution < -0.4 is 4.90 Å². The second-order valence-corrected chi connectivity index (χ2v) is 11.7. The van der Waals surface area contributed by atoms with Gasteiger partial charge in [-0.3, -0.25) is 9.47 Å². The SMILES string of the molecule is Cc1c(C(=O)O)oc2ccc(N3CCN(CCCCc4cn(C(=O)OC(C)(C)C)c5ccc(C#N)cc45)CC3)cc12.Cl. The summed E-state index contributed by atoms with van der Waals surface area (Å²) in [5, 5.41) is 20.5. The Bertz CT molecular complexity index is 1650. The number of benzene rings is 2. The third-order valence-corrected chi connectivity index (χ3v) is 7.63. The van der Waals surface area contributed by atoms with Crippen molar-refractivity contribution in [2.45, 2.75) is 52.6 Å². The number of piperazine rings is 1. The largest absolute Gasteiger partial charge is 0.475 e. The first-order chi connectivity index (χ1) is 19.5. The van der Waals surface area contributed by atoms with E-state index in [4.69, 9.17) is 9.15 Å². The first-order valence-corrected chi connectivity index (χ1v) is 14.1. The summed E-state index contributed by atoms with van der Waals surface area (Å²) in [6.07, 6.45) is 4.24. The Labute approximate surface area is 251 Å². The molecule has 5 rings (SSSR count). The number of carbonyl (C=O) groups is 2. The van der Waals surface area contributed by atoms with Crippen molar-refractivity contribution >= 4 is 52.0 Å². The fourth-order valence-electron chi connectivity index (χ4n) is 5.52. The molecule has 42 heavy (non-hydrogen) atoms. The lowest BCUT2D eigenvalue weighted by molar-refractivity contribution is 0.0543. The molecule has 0 spiro atoms. The Morgan fingerprint density at radius 3 is 2.45 bits per heavy atom. The maximum atomic E-state index is 12.9. The number of carbonyl (C=O) groups excluding carboxylic acids is 1. The number of anilines is 1. The van der Waals surface area contributed by atoms with Crippen LogP contribution in [0.4, 0.5) is 10.5 Å². The van der Waals surface area contributed by atoms with Gasteiger partial charge in [0.1, 0.15) is 11.2 Å². The number of fused-ring (bicyclic) bond motifs is 2. The van der Waals surface area contributed by atoms with Gasteiger partial charge in [0, 0.05) is 54.4 Å². The Morgan fingerprint density at radius 2 is 1.79 bits per heavy atom. The molecule has 0 radical (unpaired) electrons. The highest BCUT2D eigenvalue weighted by molar-refractivity contribution is 5.96. The minimum absolute atomic E-state index is 0. The van der Waals surface area contributed by atoms with E-state index in [2.05, 4.69) is 15.9 Å². The second kappa shape index (κ2) is 12.5. The van der Waals surface area contributed by atoms with Crippen LogP contribution in [0, 0.1) is 18.3 Å². The van der Waals surface area contributed by atoms with E-state index in [1.54, 1.807) is 17.6 Å². The van der Waals surface area contributed by atoms with E-state index in [1.165, 1.54) is 0 Å². The van der Waals surface area contributed by atoms with Gasteiger partial charge in [0.05, 0.1) is 17.1 Å². The number of halogens is 1. The molecule has 0 bridgehead atoms. The molecule has 10 heteroatoms. The van der Waals surface area contributed by atoms with E-state index in [1.807, 2.05) is 57.3 Å². The number of aromatic carboxylic acids is 1. The fraction of sp³-hybridized carbons (Fsp3) is 0.406. The monoisotopic (exact) mass is 592 g/mol. The molecule has 9 nitrogen and oxygen atoms in total. The summed E-state index contributed by atoms with van der Waals surface area (Å²) in [4.78, 5) is 29.1. The van der Waals surface area contributed by atoms with Crippen molar-refractivity contribution in [1.29, 1.82) is 5.26 Å². The van der Waals surface area contributed by atoms with E-state index in [0.29, 0.717) is 16.7 Å². The summed E-state index contributed by atoms with van der Waals surface area (Å²) in [7, 11) is 0. The lowest BCUT2D eigenvalue weighted by atomic mass is 10.0. The standard InChI is InChI=1S/C32H36N4O5.ClH/c1-21-25-18-24(9-11-28(25)40-29(21)30(37)38)35-15-13-34(14-16-35)12-6-5-7-23-20-36(31(39)41-32(2,3)4)27-10-8-22(19-33)17-26(23)27;/h8-11,17-18,20H,5-7,12-16H2,1-4H3,(H,37,38);1H. The van der Waals surface area contributed by atoms with Gasteiger partial charge in [-0.25, -0.2) is 9.59 Å². The zero-order valence-corrected chi connectivity index (χ0v) is 25.3. The smallest absolute Gasteiger partial charge is 0.419 e. The number of furan rings is 1. The summed E-state index contributed by atoms with van der Waals surface area (Å²) < 4.78 is 12.7. The highest BCUT2D eigenvalue weighted by Gasteiger charge is 2.22. The zero-order valence-electron chi connectivity index (χ0n) is 24.5. The van der Waals surface area contributed by atoms with Crippen molar-refractivity contribution in [2.75, 3.05) is 37.6 Å². The molecule has 1 saturated heterocycles. The predicted molar refractivity (Wildman–Crippen MR) is 165 cm³/mol. The summed E-state index contributed by atoms with van der Waals surface area (Å²) >= 11 is 0. The molecule has 0 aliphatic carbocycles. The zero-order chi connectivity index (χ0) is 29.3. The average molecular weight is 593 g/mol. The molecule has 1 fully saturated rings. The topological polar surface area (TPSA) is 112 Å². The van der Waals surface area contributed by atoms with Crippen LogP contribution >= 0.6 is 12.4 Å².